The zero-order valence-corrected chi connectivity index (χ0v) is 20.3. The number of carbonyl (C=O) groups excluding carboxylic acids is 1. The van der Waals surface area contributed by atoms with Crippen molar-refractivity contribution >= 4 is 16.7 Å². The number of rotatable bonds is 9. The molecule has 1 amide bonds. The summed E-state index contributed by atoms with van der Waals surface area (Å²) in [4.78, 5) is 17.3. The van der Waals surface area contributed by atoms with Gasteiger partial charge in [-0.2, -0.15) is 0 Å². The normalized spacial score (nSPS) is 21.5. The van der Waals surface area contributed by atoms with Gasteiger partial charge in [0, 0.05) is 43.4 Å². The minimum absolute atomic E-state index is 0.306. The lowest BCUT2D eigenvalue weighted by Crippen LogP contribution is -2.54. The molecule has 2 aliphatic heterocycles. The number of ether oxygens (including phenoxy) is 2. The van der Waals surface area contributed by atoms with Crippen LogP contribution < -0.4 is 15.2 Å². The summed E-state index contributed by atoms with van der Waals surface area (Å²) in [6.45, 7) is 5.46. The van der Waals surface area contributed by atoms with Gasteiger partial charge in [-0.05, 0) is 36.2 Å². The van der Waals surface area contributed by atoms with Crippen molar-refractivity contribution < 1.29 is 23.6 Å². The molecule has 1 saturated heterocycles. The Balaban J connectivity index is 1.32. The van der Waals surface area contributed by atoms with Crippen LogP contribution in [0.25, 0.3) is 0 Å². The van der Waals surface area contributed by atoms with Crippen LogP contribution >= 0.6 is 0 Å². The Kier molecular flexibility index (Phi) is 8.20. The number of nitrogens with zero attached hydrogens (tertiary/aromatic N) is 2. The summed E-state index contributed by atoms with van der Waals surface area (Å²) >= 11 is 0. The lowest BCUT2D eigenvalue weighted by atomic mass is 10.0. The molecule has 4 rings (SSSR count). The molecule has 0 bridgehead atoms. The molecule has 4 atom stereocenters. The third-order valence-corrected chi connectivity index (χ3v) is 7.87. The zero-order chi connectivity index (χ0) is 24.1. The van der Waals surface area contributed by atoms with Crippen LogP contribution in [0.5, 0.6) is 11.5 Å². The summed E-state index contributed by atoms with van der Waals surface area (Å²) in [6.07, 6.45) is -0.267. The van der Waals surface area contributed by atoms with Gasteiger partial charge in [-0.1, -0.05) is 31.2 Å². The van der Waals surface area contributed by atoms with Crippen molar-refractivity contribution in [1.82, 2.24) is 9.80 Å². The average Bonchev–Trinajstić information content (AvgIpc) is 2.85. The minimum Gasteiger partial charge on any atom is -0.486 e. The second-order valence-electron chi connectivity index (χ2n) is 8.74. The van der Waals surface area contributed by atoms with Gasteiger partial charge in [0.05, 0.1) is 10.8 Å². The molecule has 0 aromatic heterocycles. The average molecular weight is 488 g/mol. The Bertz CT molecular complexity index is 994. The number of hydrogen-bond donors (Lipinski definition) is 2. The molecule has 2 aromatic rings. The number of aliphatic hydroxyl groups is 1. The number of para-hydroxylation sites is 2. The number of amides is 1. The molecular weight excluding hydrogens is 454 g/mol. The van der Waals surface area contributed by atoms with Crippen LogP contribution in [0.1, 0.15) is 24.9 Å². The van der Waals surface area contributed by atoms with Crippen LogP contribution in [0.3, 0.4) is 0 Å². The smallest absolute Gasteiger partial charge is 0.239 e. The highest BCUT2D eigenvalue weighted by atomic mass is 32.2. The molecule has 2 heterocycles. The number of β-amino-alcohol motifs (C(OH)–C–C–N with tert-alkyl or cyclic N) is 1. The van der Waals surface area contributed by atoms with Gasteiger partial charge < -0.3 is 20.3 Å². The molecule has 2 aliphatic rings. The fourth-order valence-corrected chi connectivity index (χ4v) is 5.52. The SMILES string of the molecule is CCCS(=O)c1ccc(C(C(N)=O)N2CCN(CC(O)C3COc4ccccc4O3)CC2)cc1. The fraction of sp³-hybridized carbons (Fsp3) is 0.480. The van der Waals surface area contributed by atoms with Gasteiger partial charge in [-0.3, -0.25) is 18.8 Å². The maximum atomic E-state index is 12.3. The first-order valence-electron chi connectivity index (χ1n) is 11.8. The quantitative estimate of drug-likeness (QED) is 0.553. The zero-order valence-electron chi connectivity index (χ0n) is 19.5. The largest absolute Gasteiger partial charge is 0.486 e. The van der Waals surface area contributed by atoms with Crippen LogP contribution in [0.15, 0.2) is 53.4 Å². The van der Waals surface area contributed by atoms with Gasteiger partial charge in [0.15, 0.2) is 17.6 Å². The number of piperazine rings is 1. The van der Waals surface area contributed by atoms with Crippen molar-refractivity contribution in [2.75, 3.05) is 45.1 Å². The van der Waals surface area contributed by atoms with E-state index in [0.29, 0.717) is 56.6 Å². The topological polar surface area (TPSA) is 105 Å². The summed E-state index contributed by atoms with van der Waals surface area (Å²) in [5.74, 6) is 1.57. The molecule has 1 fully saturated rings. The number of benzene rings is 2. The molecule has 0 aliphatic carbocycles. The van der Waals surface area contributed by atoms with Gasteiger partial charge >= 0.3 is 0 Å². The lowest BCUT2D eigenvalue weighted by Gasteiger charge is -2.40. The molecule has 8 nitrogen and oxygen atoms in total. The second-order valence-corrected chi connectivity index (χ2v) is 10.3. The highest BCUT2D eigenvalue weighted by molar-refractivity contribution is 7.85. The number of hydrogen-bond acceptors (Lipinski definition) is 7. The first kappa shape index (κ1) is 24.7. The fourth-order valence-electron chi connectivity index (χ4n) is 4.47. The van der Waals surface area contributed by atoms with Crippen LogP contribution in [-0.2, 0) is 15.6 Å². The van der Waals surface area contributed by atoms with E-state index in [0.717, 1.165) is 16.9 Å². The Morgan fingerprint density at radius 2 is 1.79 bits per heavy atom. The molecule has 9 heteroatoms. The number of aliphatic hydroxyl groups excluding tert-OH is 1. The Hall–Kier alpha value is -2.46. The van der Waals surface area contributed by atoms with Crippen LogP contribution in [0.2, 0.25) is 0 Å². The van der Waals surface area contributed by atoms with Gasteiger partial charge in [0.1, 0.15) is 18.8 Å². The standard InChI is InChI=1S/C25H33N3O5S/c1-2-15-34(31)19-9-7-18(8-10-19)24(25(26)30)28-13-11-27(12-14-28)16-20(29)23-17-32-21-5-3-4-6-22(21)33-23/h3-10,20,23-24,29H,2,11-17H2,1H3,(H2,26,30). The third-order valence-electron chi connectivity index (χ3n) is 6.29. The van der Waals surface area contributed by atoms with E-state index in [1.807, 2.05) is 55.5 Å². The molecule has 2 aromatic carbocycles. The van der Waals surface area contributed by atoms with Gasteiger partial charge in [0.25, 0.3) is 0 Å². The minimum atomic E-state index is -1.02. The monoisotopic (exact) mass is 487 g/mol. The van der Waals surface area contributed by atoms with Crippen molar-refractivity contribution in [1.29, 1.82) is 0 Å². The second kappa shape index (κ2) is 11.3. The van der Waals surface area contributed by atoms with Gasteiger partial charge in [0.2, 0.25) is 5.91 Å². The van der Waals surface area contributed by atoms with E-state index in [1.54, 1.807) is 0 Å². The summed E-state index contributed by atoms with van der Waals surface area (Å²) in [5.41, 5.74) is 6.58. The van der Waals surface area contributed by atoms with Crippen LogP contribution in [0.4, 0.5) is 0 Å². The van der Waals surface area contributed by atoms with E-state index in [1.165, 1.54) is 0 Å². The van der Waals surface area contributed by atoms with Crippen molar-refractivity contribution in [3.05, 3.63) is 54.1 Å². The molecule has 184 valence electrons. The molecule has 0 saturated carbocycles. The summed E-state index contributed by atoms with van der Waals surface area (Å²) in [7, 11) is -1.02. The summed E-state index contributed by atoms with van der Waals surface area (Å²) in [6, 6.07) is 14.3. The van der Waals surface area contributed by atoms with E-state index in [-0.39, 0.29) is 0 Å². The molecule has 34 heavy (non-hydrogen) atoms. The van der Waals surface area contributed by atoms with Gasteiger partial charge in [-0.25, -0.2) is 0 Å². The van der Waals surface area contributed by atoms with E-state index in [4.69, 9.17) is 15.2 Å². The Morgan fingerprint density at radius 3 is 2.44 bits per heavy atom. The third kappa shape index (κ3) is 5.78. The Labute approximate surface area is 203 Å². The van der Waals surface area contributed by atoms with Crippen LogP contribution in [0, 0.1) is 0 Å². The lowest BCUT2D eigenvalue weighted by molar-refractivity contribution is -0.124. The number of carbonyl (C=O) groups is 1. The first-order valence-corrected chi connectivity index (χ1v) is 13.1. The van der Waals surface area contributed by atoms with E-state index in [2.05, 4.69) is 9.80 Å². The van der Waals surface area contributed by atoms with Crippen LogP contribution in [-0.4, -0.2) is 82.3 Å². The molecule has 0 radical (unpaired) electrons. The maximum Gasteiger partial charge on any atom is 0.239 e. The Morgan fingerprint density at radius 1 is 1.12 bits per heavy atom. The van der Waals surface area contributed by atoms with E-state index >= 15 is 0 Å². The van der Waals surface area contributed by atoms with Crippen molar-refractivity contribution in [2.24, 2.45) is 5.73 Å². The van der Waals surface area contributed by atoms with Crippen molar-refractivity contribution in [3.8, 4) is 11.5 Å². The molecule has 0 spiro atoms. The molecule has 3 N–H and O–H groups in total. The van der Waals surface area contributed by atoms with E-state index < -0.39 is 35.0 Å². The maximum absolute atomic E-state index is 12.3. The predicted octanol–water partition coefficient (Wildman–Crippen LogP) is 1.55. The van der Waals surface area contributed by atoms with Gasteiger partial charge in [-0.15, -0.1) is 0 Å². The molecular formula is C25H33N3O5S. The summed E-state index contributed by atoms with van der Waals surface area (Å²) in [5, 5.41) is 10.7. The van der Waals surface area contributed by atoms with Crippen molar-refractivity contribution in [2.45, 2.75) is 36.5 Å². The first-order chi connectivity index (χ1) is 16.5. The highest BCUT2D eigenvalue weighted by Gasteiger charge is 2.32. The number of primary amides is 1. The summed E-state index contributed by atoms with van der Waals surface area (Å²) < 4.78 is 23.9. The molecule has 4 unspecified atom stereocenters. The highest BCUT2D eigenvalue weighted by Crippen LogP contribution is 2.32. The van der Waals surface area contributed by atoms with Crippen molar-refractivity contribution in [3.63, 3.8) is 0 Å². The number of nitrogens with two attached hydrogens (primary N) is 1. The number of fused-ring (bicyclic) bond motifs is 1. The van der Waals surface area contributed by atoms with E-state index in [9.17, 15) is 14.1 Å². The predicted molar refractivity (Wildman–Crippen MR) is 130 cm³/mol.